The number of fused-ring (bicyclic) bond motifs is 6. The fourth-order valence-corrected chi connectivity index (χ4v) is 6.62. The van der Waals surface area contributed by atoms with E-state index >= 15 is 0 Å². The van der Waals surface area contributed by atoms with Gasteiger partial charge in [-0.2, -0.15) is 0 Å². The van der Waals surface area contributed by atoms with Crippen LogP contribution in [-0.2, 0) is 0 Å². The van der Waals surface area contributed by atoms with Gasteiger partial charge >= 0.3 is 0 Å². The Bertz CT molecular complexity index is 2540. The molecule has 0 aliphatic rings. The molecule has 0 heteroatoms. The van der Waals surface area contributed by atoms with E-state index in [-0.39, 0.29) is 0 Å². The highest BCUT2D eigenvalue weighted by Gasteiger charge is 1.98. The molecule has 394 valence electrons. The van der Waals surface area contributed by atoms with Crippen LogP contribution in [-0.4, -0.2) is 0 Å². The van der Waals surface area contributed by atoms with Crippen LogP contribution in [0.3, 0.4) is 0 Å². The zero-order chi connectivity index (χ0) is 56.0. The van der Waals surface area contributed by atoms with Crippen LogP contribution in [0.1, 0.15) is 125 Å². The van der Waals surface area contributed by atoms with Crippen molar-refractivity contribution in [1.82, 2.24) is 0 Å². The van der Waals surface area contributed by atoms with Crippen molar-refractivity contribution in [2.24, 2.45) is 0 Å². The quantitative estimate of drug-likeness (QED) is 0.114. The molecule has 0 aromatic heterocycles. The molecule has 0 atom stereocenters. The van der Waals surface area contributed by atoms with Crippen LogP contribution in [0.25, 0.3) is 65.0 Å². The van der Waals surface area contributed by atoms with E-state index in [0.29, 0.717) is 0 Å². The number of hydrogen-bond donors (Lipinski definition) is 0. The van der Waals surface area contributed by atoms with Crippen molar-refractivity contribution in [3.63, 3.8) is 0 Å². The molecular formula is C74H98. The summed E-state index contributed by atoms with van der Waals surface area (Å²) >= 11 is 0. The molecule has 0 spiro atoms. The molecule has 0 nitrogen and oxygen atoms in total. The zero-order valence-corrected chi connectivity index (χ0v) is 49.4. The Morgan fingerprint density at radius 3 is 0.527 bits per heavy atom. The van der Waals surface area contributed by atoms with Crippen LogP contribution in [0, 0.1) is 0 Å². The molecule has 0 saturated heterocycles. The summed E-state index contributed by atoms with van der Waals surface area (Å²) < 4.78 is 0. The monoisotopic (exact) mass is 987 g/mol. The lowest BCUT2D eigenvalue weighted by Gasteiger charge is -2.02. The van der Waals surface area contributed by atoms with Crippen molar-refractivity contribution in [2.45, 2.75) is 125 Å². The summed E-state index contributed by atoms with van der Waals surface area (Å²) in [4.78, 5) is 0. The van der Waals surface area contributed by atoms with Gasteiger partial charge in [0.25, 0.3) is 0 Å². The minimum absolute atomic E-state index is 1.28. The fourth-order valence-electron chi connectivity index (χ4n) is 6.62. The van der Waals surface area contributed by atoms with Gasteiger partial charge in [0.1, 0.15) is 0 Å². The summed E-state index contributed by atoms with van der Waals surface area (Å²) in [7, 11) is 0. The van der Waals surface area contributed by atoms with E-state index in [1.807, 2.05) is 173 Å². The Kier molecular flexibility index (Phi) is 49.9. The second-order valence-corrected chi connectivity index (χ2v) is 13.3. The number of rotatable bonds is 1. The molecule has 0 bridgehead atoms. The first-order valence-electron chi connectivity index (χ1n) is 28.1. The molecule has 11 rings (SSSR count). The van der Waals surface area contributed by atoms with Gasteiger partial charge in [0.2, 0.25) is 0 Å². The minimum Gasteiger partial charge on any atom is -0.0683 e. The van der Waals surface area contributed by atoms with Crippen LogP contribution in [0.5, 0.6) is 0 Å². The molecule has 0 heterocycles. The third-order valence-electron chi connectivity index (χ3n) is 9.47. The third kappa shape index (κ3) is 27.5. The van der Waals surface area contributed by atoms with E-state index in [9.17, 15) is 0 Å². The van der Waals surface area contributed by atoms with Gasteiger partial charge in [-0.05, 0) is 77.1 Å². The summed E-state index contributed by atoms with van der Waals surface area (Å²) in [6.07, 6.45) is 0. The normalized spacial score (nSPS) is 8.41. The van der Waals surface area contributed by atoms with Gasteiger partial charge in [0.15, 0.2) is 0 Å². The van der Waals surface area contributed by atoms with E-state index in [0.717, 1.165) is 0 Å². The third-order valence-corrected chi connectivity index (χ3v) is 9.47. The molecule has 0 unspecified atom stereocenters. The van der Waals surface area contributed by atoms with Gasteiger partial charge < -0.3 is 0 Å². The van der Waals surface area contributed by atoms with E-state index in [1.54, 1.807) is 0 Å². The summed E-state index contributed by atoms with van der Waals surface area (Å²) in [5, 5.41) is 13.2. The summed E-state index contributed by atoms with van der Waals surface area (Å²) in [6, 6.07) is 92.3. The average molecular weight is 988 g/mol. The molecule has 0 saturated carbocycles. The van der Waals surface area contributed by atoms with Crippen LogP contribution < -0.4 is 0 Å². The Balaban J connectivity index is -0.000000801. The van der Waals surface area contributed by atoms with Crippen molar-refractivity contribution in [3.05, 3.63) is 267 Å². The smallest absolute Gasteiger partial charge is 0.0105 e. The highest BCUT2D eigenvalue weighted by molar-refractivity contribution is 6.07. The predicted molar refractivity (Wildman–Crippen MR) is 347 cm³/mol. The van der Waals surface area contributed by atoms with E-state index < -0.39 is 0 Å². The van der Waals surface area contributed by atoms with Crippen LogP contribution in [0.2, 0.25) is 0 Å². The molecule has 0 aliphatic heterocycles. The fraction of sp³-hybridized carbons (Fsp3) is 0.243. The van der Waals surface area contributed by atoms with Crippen molar-refractivity contribution in [3.8, 4) is 11.1 Å². The van der Waals surface area contributed by atoms with Crippen molar-refractivity contribution < 1.29 is 0 Å². The van der Waals surface area contributed by atoms with Gasteiger partial charge in [-0.15, -0.1) is 0 Å². The van der Waals surface area contributed by atoms with Crippen LogP contribution >= 0.6 is 0 Å². The molecule has 74 heavy (non-hydrogen) atoms. The topological polar surface area (TPSA) is 0 Å². The van der Waals surface area contributed by atoms with E-state index in [2.05, 4.69) is 218 Å². The molecule has 0 radical (unpaired) electrons. The largest absolute Gasteiger partial charge is 0.0683 e. The number of benzene rings is 11. The Morgan fingerprint density at radius 2 is 0.297 bits per heavy atom. The van der Waals surface area contributed by atoms with Gasteiger partial charge in [-0.25, -0.2) is 0 Å². The Labute approximate surface area is 454 Å². The summed E-state index contributed by atoms with van der Waals surface area (Å²) in [6.45, 7) is 36.0. The standard InChI is InChI=1S/2C14H10.C12H10.C10H8.C6H6.9C2H6/c1-3-7-13-11(5-1)9-10-12-6-2-4-8-14(12)13;1-2-6-12-10-14-8-4-3-7-13(14)9-11(12)5-1;1-3-7-11(8-4-1)12-9-5-2-6-10-12;1-2-6-10-8-4-3-7-9(10)5-1;1-2-4-6-5-3-1;9*1-2/h2*1-10H;1-10H;1-8H;1-6H;9*1-2H3. The lowest BCUT2D eigenvalue weighted by atomic mass is 10.0. The highest BCUT2D eigenvalue weighted by Crippen LogP contribution is 2.25. The SMILES string of the molecule is CC.CC.CC.CC.CC.CC.CC.CC.CC.c1ccc(-c2ccccc2)cc1.c1ccc2c(c1)ccc1ccccc12.c1ccc2cc3ccccc3cc2c1.c1ccc2ccccc2c1.c1ccccc1. The van der Waals surface area contributed by atoms with Crippen LogP contribution in [0.15, 0.2) is 267 Å². The molecule has 11 aromatic rings. The molecule has 0 aliphatic carbocycles. The van der Waals surface area contributed by atoms with E-state index in [1.165, 1.54) is 65.0 Å². The van der Waals surface area contributed by atoms with Gasteiger partial charge in [0.05, 0.1) is 0 Å². The maximum absolute atomic E-state index is 2.24. The molecule has 0 fully saturated rings. The summed E-state index contributed by atoms with van der Waals surface area (Å²) in [5.41, 5.74) is 2.55. The molecule has 0 amide bonds. The predicted octanol–water partition coefficient (Wildman–Crippen LogP) is 25.1. The average Bonchev–Trinajstić information content (AvgIpc) is 3.54. The Hall–Kier alpha value is -7.28. The maximum atomic E-state index is 2.24. The molecular weight excluding hydrogens is 889 g/mol. The first-order chi connectivity index (χ1) is 36.8. The lowest BCUT2D eigenvalue weighted by molar-refractivity contribution is 1.50. The van der Waals surface area contributed by atoms with Gasteiger partial charge in [0, 0.05) is 0 Å². The first kappa shape index (κ1) is 71.0. The van der Waals surface area contributed by atoms with Gasteiger partial charge in [-0.1, -0.05) is 379 Å². The highest BCUT2D eigenvalue weighted by atomic mass is 14.0. The van der Waals surface area contributed by atoms with Crippen LogP contribution in [0.4, 0.5) is 0 Å². The molecule has 11 aromatic carbocycles. The number of hydrogen-bond acceptors (Lipinski definition) is 0. The van der Waals surface area contributed by atoms with Crippen molar-refractivity contribution in [1.29, 1.82) is 0 Å². The second-order valence-electron chi connectivity index (χ2n) is 13.3. The minimum atomic E-state index is 1.28. The first-order valence-corrected chi connectivity index (χ1v) is 28.1. The molecule has 0 N–H and O–H groups in total. The van der Waals surface area contributed by atoms with Crippen molar-refractivity contribution >= 4 is 53.9 Å². The maximum Gasteiger partial charge on any atom is -0.0105 e. The second kappa shape index (κ2) is 52.1. The lowest BCUT2D eigenvalue weighted by Crippen LogP contribution is -1.75. The summed E-state index contributed by atoms with van der Waals surface area (Å²) in [5.74, 6) is 0. The Morgan fingerprint density at radius 1 is 0.135 bits per heavy atom. The van der Waals surface area contributed by atoms with E-state index in [4.69, 9.17) is 0 Å². The van der Waals surface area contributed by atoms with Crippen molar-refractivity contribution in [2.75, 3.05) is 0 Å². The zero-order valence-electron chi connectivity index (χ0n) is 49.4. The van der Waals surface area contributed by atoms with Gasteiger partial charge in [-0.3, -0.25) is 0 Å².